The van der Waals surface area contributed by atoms with Gasteiger partial charge in [0.25, 0.3) is 0 Å². The van der Waals surface area contributed by atoms with E-state index in [0.717, 1.165) is 43.3 Å². The van der Waals surface area contributed by atoms with Crippen molar-refractivity contribution in [3.05, 3.63) is 23.3 Å². The van der Waals surface area contributed by atoms with E-state index in [1.165, 1.54) is 25.8 Å². The van der Waals surface area contributed by atoms with Crippen LogP contribution in [0.25, 0.3) is 0 Å². The van der Waals surface area contributed by atoms with Gasteiger partial charge in [-0.2, -0.15) is 0 Å². The zero-order valence-corrected chi connectivity index (χ0v) is 12.6. The number of piperidine rings is 1. The fourth-order valence-corrected chi connectivity index (χ4v) is 3.59. The summed E-state index contributed by atoms with van der Waals surface area (Å²) >= 11 is 0. The van der Waals surface area contributed by atoms with Gasteiger partial charge in [-0.05, 0) is 52.1 Å². The maximum absolute atomic E-state index is 5.51. The third-order valence-corrected chi connectivity index (χ3v) is 4.50. The van der Waals surface area contributed by atoms with E-state index < -0.39 is 0 Å². The molecular weight excluding hydrogens is 250 g/mol. The number of rotatable bonds is 2. The van der Waals surface area contributed by atoms with Gasteiger partial charge >= 0.3 is 0 Å². The Kier molecular flexibility index (Phi) is 4.32. The molecule has 4 heteroatoms. The normalized spacial score (nSPS) is 25.8. The molecule has 1 aromatic heterocycles. The average Bonchev–Trinajstić information content (AvgIpc) is 2.47. The summed E-state index contributed by atoms with van der Waals surface area (Å²) in [5, 5.41) is 0. The summed E-state index contributed by atoms with van der Waals surface area (Å²) in [6, 6.07) is 3.12. The van der Waals surface area contributed by atoms with E-state index in [9.17, 15) is 0 Å². The van der Waals surface area contributed by atoms with Crippen LogP contribution in [-0.4, -0.2) is 40.7 Å². The molecule has 0 aromatic carbocycles. The second-order valence-corrected chi connectivity index (χ2v) is 6.10. The van der Waals surface area contributed by atoms with Crippen LogP contribution in [0.1, 0.15) is 55.4 Å². The maximum atomic E-state index is 5.51. The Morgan fingerprint density at radius 3 is 2.45 bits per heavy atom. The number of hydrogen-bond donors (Lipinski definition) is 0. The summed E-state index contributed by atoms with van der Waals surface area (Å²) in [6.45, 7) is 7.13. The molecule has 0 N–H and O–H groups in total. The van der Waals surface area contributed by atoms with Crippen molar-refractivity contribution in [2.75, 3.05) is 19.8 Å². The number of nitrogens with zero attached hydrogens (tertiary/aromatic N) is 3. The number of ether oxygens (including phenoxy) is 1. The van der Waals surface area contributed by atoms with Crippen LogP contribution >= 0.6 is 0 Å². The van der Waals surface area contributed by atoms with Gasteiger partial charge in [0.15, 0.2) is 0 Å². The van der Waals surface area contributed by atoms with Crippen LogP contribution in [-0.2, 0) is 4.74 Å². The summed E-state index contributed by atoms with van der Waals surface area (Å²) in [4.78, 5) is 12.1. The van der Waals surface area contributed by atoms with Gasteiger partial charge in [-0.3, -0.25) is 4.90 Å². The van der Waals surface area contributed by atoms with Crippen LogP contribution in [0.15, 0.2) is 6.07 Å². The molecule has 0 amide bonds. The van der Waals surface area contributed by atoms with Gasteiger partial charge < -0.3 is 4.74 Å². The highest BCUT2D eigenvalue weighted by molar-refractivity contribution is 5.11. The van der Waals surface area contributed by atoms with E-state index >= 15 is 0 Å². The number of aromatic nitrogens is 2. The molecule has 0 aliphatic carbocycles. The molecule has 3 rings (SSSR count). The van der Waals surface area contributed by atoms with Crippen molar-refractivity contribution in [1.82, 2.24) is 14.9 Å². The van der Waals surface area contributed by atoms with Crippen LogP contribution in [0.5, 0.6) is 0 Å². The largest absolute Gasteiger partial charge is 0.381 e. The summed E-state index contributed by atoms with van der Waals surface area (Å²) in [5.74, 6) is 1.04. The maximum Gasteiger partial charge on any atom is 0.145 e. The molecule has 110 valence electrons. The molecule has 1 unspecified atom stereocenters. The molecule has 0 saturated carbocycles. The Hall–Kier alpha value is -1.00. The van der Waals surface area contributed by atoms with Gasteiger partial charge in [0.1, 0.15) is 5.82 Å². The Morgan fingerprint density at radius 2 is 1.75 bits per heavy atom. The van der Waals surface area contributed by atoms with Crippen LogP contribution < -0.4 is 0 Å². The topological polar surface area (TPSA) is 38.2 Å². The molecule has 20 heavy (non-hydrogen) atoms. The van der Waals surface area contributed by atoms with Gasteiger partial charge in [0, 0.05) is 30.6 Å². The summed E-state index contributed by atoms with van der Waals surface area (Å²) in [7, 11) is 0. The Labute approximate surface area is 121 Å². The summed E-state index contributed by atoms with van der Waals surface area (Å²) in [6.07, 6.45) is 6.10. The highest BCUT2D eigenvalue weighted by Crippen LogP contribution is 2.33. The van der Waals surface area contributed by atoms with Crippen molar-refractivity contribution in [2.24, 2.45) is 0 Å². The lowest BCUT2D eigenvalue weighted by atomic mass is 9.96. The predicted octanol–water partition coefficient (Wildman–Crippen LogP) is 2.80. The molecule has 4 nitrogen and oxygen atoms in total. The molecule has 1 atom stereocenters. The van der Waals surface area contributed by atoms with Gasteiger partial charge in [0.05, 0.1) is 6.04 Å². The molecule has 1 aromatic rings. The molecule has 0 bridgehead atoms. The molecule has 2 aliphatic rings. The van der Waals surface area contributed by atoms with Crippen molar-refractivity contribution < 1.29 is 4.74 Å². The first kappa shape index (κ1) is 14.0. The second kappa shape index (κ2) is 6.19. The number of likely N-dealkylation sites (tertiary alicyclic amines) is 1. The van der Waals surface area contributed by atoms with Crippen LogP contribution in [0, 0.1) is 13.8 Å². The zero-order chi connectivity index (χ0) is 13.9. The highest BCUT2D eigenvalue weighted by Gasteiger charge is 2.32. The summed E-state index contributed by atoms with van der Waals surface area (Å²) < 4.78 is 5.51. The fourth-order valence-electron chi connectivity index (χ4n) is 3.59. The Balaban J connectivity index is 1.83. The monoisotopic (exact) mass is 275 g/mol. The van der Waals surface area contributed by atoms with E-state index in [-0.39, 0.29) is 0 Å². The van der Waals surface area contributed by atoms with E-state index in [2.05, 4.69) is 24.8 Å². The van der Waals surface area contributed by atoms with E-state index in [0.29, 0.717) is 12.1 Å². The molecule has 2 aliphatic heterocycles. The van der Waals surface area contributed by atoms with Crippen molar-refractivity contribution >= 4 is 0 Å². The van der Waals surface area contributed by atoms with E-state index in [1.54, 1.807) is 0 Å². The first-order chi connectivity index (χ1) is 9.74. The van der Waals surface area contributed by atoms with Crippen LogP contribution in [0.3, 0.4) is 0 Å². The van der Waals surface area contributed by atoms with Gasteiger partial charge in [-0.25, -0.2) is 9.97 Å². The minimum atomic E-state index is 0.408. The number of aryl methyl sites for hydroxylation is 2. The van der Waals surface area contributed by atoms with Crippen molar-refractivity contribution in [3.63, 3.8) is 0 Å². The van der Waals surface area contributed by atoms with Gasteiger partial charge in [-0.15, -0.1) is 0 Å². The minimum Gasteiger partial charge on any atom is -0.381 e. The quantitative estimate of drug-likeness (QED) is 0.832. The van der Waals surface area contributed by atoms with Crippen molar-refractivity contribution in [2.45, 2.75) is 58.0 Å². The smallest absolute Gasteiger partial charge is 0.145 e. The predicted molar refractivity (Wildman–Crippen MR) is 78.6 cm³/mol. The van der Waals surface area contributed by atoms with Gasteiger partial charge in [0.2, 0.25) is 0 Å². The van der Waals surface area contributed by atoms with E-state index in [1.807, 2.05) is 0 Å². The summed E-state index contributed by atoms with van der Waals surface area (Å²) in [5.41, 5.74) is 2.18. The lowest BCUT2D eigenvalue weighted by molar-refractivity contribution is 0.00205. The molecular formula is C16H25N3O. The van der Waals surface area contributed by atoms with Crippen molar-refractivity contribution in [3.8, 4) is 0 Å². The van der Waals surface area contributed by atoms with Crippen LogP contribution in [0.4, 0.5) is 0 Å². The fraction of sp³-hybridized carbons (Fsp3) is 0.750. The standard InChI is InChI=1S/C16H25N3O/c1-12-11-13(2)18-16(17-12)15-5-3-4-8-19(15)14-6-9-20-10-7-14/h11,14-15H,3-10H2,1-2H3. The molecule has 3 heterocycles. The minimum absolute atomic E-state index is 0.408. The third-order valence-electron chi connectivity index (χ3n) is 4.50. The SMILES string of the molecule is Cc1cc(C)nc(C2CCCCN2C2CCOCC2)n1. The molecule has 0 radical (unpaired) electrons. The van der Waals surface area contributed by atoms with Crippen molar-refractivity contribution in [1.29, 1.82) is 0 Å². The lowest BCUT2D eigenvalue weighted by Gasteiger charge is -2.42. The average molecular weight is 275 g/mol. The first-order valence-corrected chi connectivity index (χ1v) is 7.90. The van der Waals surface area contributed by atoms with Gasteiger partial charge in [-0.1, -0.05) is 6.42 Å². The second-order valence-electron chi connectivity index (χ2n) is 6.10. The Morgan fingerprint density at radius 1 is 1.05 bits per heavy atom. The molecule has 2 saturated heterocycles. The lowest BCUT2D eigenvalue weighted by Crippen LogP contribution is -2.44. The first-order valence-electron chi connectivity index (χ1n) is 7.90. The third kappa shape index (κ3) is 3.01. The van der Waals surface area contributed by atoms with E-state index in [4.69, 9.17) is 14.7 Å². The highest BCUT2D eigenvalue weighted by atomic mass is 16.5. The van der Waals surface area contributed by atoms with Crippen LogP contribution in [0.2, 0.25) is 0 Å². The number of hydrogen-bond acceptors (Lipinski definition) is 4. The molecule has 2 fully saturated rings. The molecule has 0 spiro atoms. The zero-order valence-electron chi connectivity index (χ0n) is 12.6. The Bertz CT molecular complexity index is 437.